The van der Waals surface area contributed by atoms with E-state index in [9.17, 15) is 8.78 Å². The van der Waals surface area contributed by atoms with E-state index in [1.165, 1.54) is 4.68 Å². The molecule has 20 heavy (non-hydrogen) atoms. The Morgan fingerprint density at radius 3 is 2.65 bits per heavy atom. The topological polar surface area (TPSA) is 47.7 Å². The number of nitrogens with one attached hydrogen (secondary N) is 1. The highest BCUT2D eigenvalue weighted by molar-refractivity contribution is 5.85. The minimum atomic E-state index is -0.436. The van der Waals surface area contributed by atoms with Gasteiger partial charge >= 0.3 is 0 Å². The summed E-state index contributed by atoms with van der Waals surface area (Å²) < 4.78 is 28.6. The van der Waals surface area contributed by atoms with E-state index >= 15 is 0 Å². The minimum Gasteiger partial charge on any atom is -0.307 e. The predicted molar refractivity (Wildman–Crippen MR) is 73.9 cm³/mol. The lowest BCUT2D eigenvalue weighted by molar-refractivity contribution is 0.425. The standard InChI is InChI=1S/C12H17F2N5.ClH/c1-9-11(12(14)18(2)16-9)8-15-7-10-3-5-19(17-10)6-4-13;/h3,5,15H,4,6-8H2,1-2H3;1H. The quantitative estimate of drug-likeness (QED) is 0.884. The van der Waals surface area contributed by atoms with Crippen molar-refractivity contribution in [3.05, 3.63) is 35.2 Å². The van der Waals surface area contributed by atoms with E-state index in [2.05, 4.69) is 15.5 Å². The van der Waals surface area contributed by atoms with Gasteiger partial charge in [-0.05, 0) is 13.0 Å². The van der Waals surface area contributed by atoms with Gasteiger partial charge in [0, 0.05) is 31.9 Å². The van der Waals surface area contributed by atoms with Crippen LogP contribution in [0.1, 0.15) is 17.0 Å². The van der Waals surface area contributed by atoms with Crippen LogP contribution in [0.3, 0.4) is 0 Å². The lowest BCUT2D eigenvalue weighted by Gasteiger charge is -2.02. The Morgan fingerprint density at radius 1 is 1.30 bits per heavy atom. The highest BCUT2D eigenvalue weighted by Crippen LogP contribution is 2.10. The monoisotopic (exact) mass is 305 g/mol. The average molecular weight is 306 g/mol. The normalized spacial score (nSPS) is 10.6. The van der Waals surface area contributed by atoms with Crippen LogP contribution < -0.4 is 5.32 Å². The lowest BCUT2D eigenvalue weighted by Crippen LogP contribution is -2.15. The molecule has 0 aliphatic heterocycles. The van der Waals surface area contributed by atoms with Crippen LogP contribution in [0.5, 0.6) is 0 Å². The number of halogens is 3. The molecule has 0 amide bonds. The van der Waals surface area contributed by atoms with E-state index in [-0.39, 0.29) is 24.9 Å². The van der Waals surface area contributed by atoms with E-state index in [4.69, 9.17) is 0 Å². The van der Waals surface area contributed by atoms with Crippen LogP contribution in [-0.4, -0.2) is 26.2 Å². The van der Waals surface area contributed by atoms with Crippen molar-refractivity contribution in [3.63, 3.8) is 0 Å². The Morgan fingerprint density at radius 2 is 2.05 bits per heavy atom. The maximum absolute atomic E-state index is 13.7. The van der Waals surface area contributed by atoms with Crippen LogP contribution >= 0.6 is 12.4 Å². The second kappa shape index (κ2) is 7.35. The van der Waals surface area contributed by atoms with Crippen molar-refractivity contribution in [2.45, 2.75) is 26.6 Å². The van der Waals surface area contributed by atoms with Crippen LogP contribution in [0.15, 0.2) is 12.3 Å². The lowest BCUT2D eigenvalue weighted by atomic mass is 10.2. The molecule has 2 aromatic heterocycles. The number of hydrogen-bond acceptors (Lipinski definition) is 3. The second-order valence-electron chi connectivity index (χ2n) is 4.34. The Hall–Kier alpha value is -1.47. The van der Waals surface area contributed by atoms with Gasteiger partial charge in [0.15, 0.2) is 0 Å². The number of aryl methyl sites for hydroxylation is 3. The maximum Gasteiger partial charge on any atom is 0.215 e. The molecule has 0 atom stereocenters. The number of nitrogens with zero attached hydrogens (tertiary/aromatic N) is 4. The Bertz CT molecular complexity index is 552. The molecule has 0 aliphatic rings. The van der Waals surface area contributed by atoms with E-state index < -0.39 is 6.67 Å². The molecule has 8 heteroatoms. The van der Waals surface area contributed by atoms with Crippen molar-refractivity contribution in [2.75, 3.05) is 6.67 Å². The molecule has 5 nitrogen and oxygen atoms in total. The van der Waals surface area contributed by atoms with Crippen molar-refractivity contribution in [1.29, 1.82) is 0 Å². The zero-order chi connectivity index (χ0) is 13.8. The number of hydrogen-bond donors (Lipinski definition) is 1. The van der Waals surface area contributed by atoms with Gasteiger partial charge in [0.25, 0.3) is 0 Å². The smallest absolute Gasteiger partial charge is 0.215 e. The molecule has 0 aliphatic carbocycles. The summed E-state index contributed by atoms with van der Waals surface area (Å²) in [6.45, 7) is 2.50. The van der Waals surface area contributed by atoms with E-state index in [0.29, 0.717) is 24.3 Å². The number of alkyl halides is 1. The first-order valence-corrected chi connectivity index (χ1v) is 6.08. The van der Waals surface area contributed by atoms with Crippen LogP contribution in [0.25, 0.3) is 0 Å². The first-order valence-electron chi connectivity index (χ1n) is 6.08. The summed E-state index contributed by atoms with van der Waals surface area (Å²) in [6, 6.07) is 1.81. The average Bonchev–Trinajstić information content (AvgIpc) is 2.90. The van der Waals surface area contributed by atoms with Gasteiger partial charge in [-0.15, -0.1) is 12.4 Å². The minimum absolute atomic E-state index is 0. The van der Waals surface area contributed by atoms with Crippen LogP contribution in [0, 0.1) is 12.9 Å². The summed E-state index contributed by atoms with van der Waals surface area (Å²) in [7, 11) is 1.57. The summed E-state index contributed by atoms with van der Waals surface area (Å²) in [6.07, 6.45) is 1.73. The van der Waals surface area contributed by atoms with Gasteiger partial charge in [0.05, 0.1) is 17.9 Å². The van der Waals surface area contributed by atoms with Gasteiger partial charge in [-0.1, -0.05) is 0 Å². The van der Waals surface area contributed by atoms with Crippen LogP contribution in [0.2, 0.25) is 0 Å². The molecule has 2 aromatic rings. The molecule has 1 N–H and O–H groups in total. The van der Waals surface area contributed by atoms with Crippen molar-refractivity contribution in [1.82, 2.24) is 24.9 Å². The maximum atomic E-state index is 13.7. The number of aromatic nitrogens is 4. The third-order valence-corrected chi connectivity index (χ3v) is 2.89. The highest BCUT2D eigenvalue weighted by Gasteiger charge is 2.12. The van der Waals surface area contributed by atoms with Gasteiger partial charge < -0.3 is 5.32 Å². The van der Waals surface area contributed by atoms with E-state index in [1.54, 1.807) is 24.9 Å². The SMILES string of the molecule is Cc1nn(C)c(F)c1CNCc1ccn(CCF)n1.Cl. The Balaban J connectivity index is 0.00000200. The number of rotatable bonds is 6. The molecule has 0 radical (unpaired) electrons. The van der Waals surface area contributed by atoms with E-state index in [1.807, 2.05) is 6.07 Å². The zero-order valence-corrected chi connectivity index (χ0v) is 12.3. The largest absolute Gasteiger partial charge is 0.307 e. The molecule has 0 bridgehead atoms. The molecule has 0 unspecified atom stereocenters. The molecule has 112 valence electrons. The first-order chi connectivity index (χ1) is 9.11. The van der Waals surface area contributed by atoms with Crippen LogP contribution in [-0.2, 0) is 26.7 Å². The van der Waals surface area contributed by atoms with Gasteiger partial charge in [-0.25, -0.2) is 9.07 Å². The molecule has 2 heterocycles. The van der Waals surface area contributed by atoms with Crippen molar-refractivity contribution in [2.24, 2.45) is 7.05 Å². The van der Waals surface area contributed by atoms with Gasteiger partial charge in [-0.3, -0.25) is 4.68 Å². The first kappa shape index (κ1) is 16.6. The zero-order valence-electron chi connectivity index (χ0n) is 11.4. The van der Waals surface area contributed by atoms with Crippen molar-refractivity contribution >= 4 is 12.4 Å². The molecule has 0 aromatic carbocycles. The molecule has 2 rings (SSSR count). The molecule has 0 fully saturated rings. The summed E-state index contributed by atoms with van der Waals surface area (Å²) in [5.41, 5.74) is 2.04. The van der Waals surface area contributed by atoms with Gasteiger partial charge in [0.2, 0.25) is 5.95 Å². The Kier molecular flexibility index (Phi) is 6.09. The fourth-order valence-electron chi connectivity index (χ4n) is 1.90. The van der Waals surface area contributed by atoms with Crippen molar-refractivity contribution < 1.29 is 8.78 Å². The fourth-order valence-corrected chi connectivity index (χ4v) is 1.90. The van der Waals surface area contributed by atoms with Crippen molar-refractivity contribution in [3.8, 4) is 0 Å². The molecule has 0 saturated carbocycles. The van der Waals surface area contributed by atoms with Gasteiger partial charge in [0.1, 0.15) is 6.67 Å². The third-order valence-electron chi connectivity index (χ3n) is 2.89. The summed E-state index contributed by atoms with van der Waals surface area (Å²) in [4.78, 5) is 0. The summed E-state index contributed by atoms with van der Waals surface area (Å²) in [5, 5.41) is 11.3. The molecular weight excluding hydrogens is 288 g/mol. The van der Waals surface area contributed by atoms with E-state index in [0.717, 1.165) is 5.69 Å². The third kappa shape index (κ3) is 3.77. The Labute approximate surface area is 122 Å². The highest BCUT2D eigenvalue weighted by atomic mass is 35.5. The summed E-state index contributed by atoms with van der Waals surface area (Å²) in [5.74, 6) is -0.326. The molecule has 0 spiro atoms. The fraction of sp³-hybridized carbons (Fsp3) is 0.500. The van der Waals surface area contributed by atoms with Gasteiger partial charge in [-0.2, -0.15) is 14.6 Å². The molecule has 0 saturated heterocycles. The molecular formula is C12H18ClF2N5. The summed E-state index contributed by atoms with van der Waals surface area (Å²) >= 11 is 0. The van der Waals surface area contributed by atoms with Crippen LogP contribution in [0.4, 0.5) is 8.78 Å². The predicted octanol–water partition coefficient (Wildman–Crippen LogP) is 1.75. The second-order valence-corrected chi connectivity index (χ2v) is 4.34.